The molecule has 1 rings (SSSR count). The third kappa shape index (κ3) is 2.66. The lowest BCUT2D eigenvalue weighted by Gasteiger charge is -2.00. The van der Waals surface area contributed by atoms with Gasteiger partial charge >= 0.3 is 6.09 Å². The Morgan fingerprint density at radius 3 is 2.77 bits per heavy atom. The predicted molar refractivity (Wildman–Crippen MR) is 39.0 cm³/mol. The first-order valence-corrected chi connectivity index (χ1v) is 3.36. The number of rotatable bonds is 2. The summed E-state index contributed by atoms with van der Waals surface area (Å²) in [5.74, 6) is -2.10. The zero-order valence-electron chi connectivity index (χ0n) is 6.42. The van der Waals surface area contributed by atoms with E-state index in [0.29, 0.717) is 6.20 Å². The molecule has 0 bridgehead atoms. The van der Waals surface area contributed by atoms with Crippen LogP contribution in [0.1, 0.15) is 5.69 Å². The summed E-state index contributed by atoms with van der Waals surface area (Å²) < 4.78 is 24.8. The van der Waals surface area contributed by atoms with Crippen molar-refractivity contribution in [2.24, 2.45) is 0 Å². The van der Waals surface area contributed by atoms with Crippen LogP contribution in [0.15, 0.2) is 12.3 Å². The molecule has 1 aromatic heterocycles. The second kappa shape index (κ2) is 3.79. The number of pyridine rings is 1. The average molecular weight is 188 g/mol. The Labute approximate surface area is 72.2 Å². The second-order valence-electron chi connectivity index (χ2n) is 2.25. The van der Waals surface area contributed by atoms with E-state index in [2.05, 4.69) is 4.98 Å². The van der Waals surface area contributed by atoms with Crippen molar-refractivity contribution in [1.29, 1.82) is 0 Å². The Balaban J connectivity index is 2.68. The molecule has 2 N–H and O–H groups in total. The SMILES string of the molecule is O=C(O)NCc1cc(F)c(F)cn1. The van der Waals surface area contributed by atoms with Crippen LogP contribution in [-0.2, 0) is 6.54 Å². The van der Waals surface area contributed by atoms with Crippen LogP contribution in [-0.4, -0.2) is 16.2 Å². The first kappa shape index (κ1) is 9.37. The van der Waals surface area contributed by atoms with Gasteiger partial charge in [-0.25, -0.2) is 13.6 Å². The number of hydrogen-bond donors (Lipinski definition) is 2. The van der Waals surface area contributed by atoms with Gasteiger partial charge in [0.05, 0.1) is 18.4 Å². The zero-order valence-corrected chi connectivity index (χ0v) is 6.42. The van der Waals surface area contributed by atoms with Gasteiger partial charge in [-0.15, -0.1) is 0 Å². The molecule has 0 spiro atoms. The van der Waals surface area contributed by atoms with Crippen LogP contribution in [0.25, 0.3) is 0 Å². The molecule has 0 saturated carbocycles. The number of hydrogen-bond acceptors (Lipinski definition) is 2. The van der Waals surface area contributed by atoms with Gasteiger partial charge in [0.1, 0.15) is 0 Å². The first-order chi connectivity index (χ1) is 6.09. The Morgan fingerprint density at radius 1 is 1.54 bits per heavy atom. The van der Waals surface area contributed by atoms with E-state index >= 15 is 0 Å². The predicted octanol–water partition coefficient (Wildman–Crippen LogP) is 1.13. The highest BCUT2D eigenvalue weighted by Crippen LogP contribution is 2.04. The average Bonchev–Trinajstić information content (AvgIpc) is 2.07. The summed E-state index contributed by atoms with van der Waals surface area (Å²) in [5, 5.41) is 10.2. The van der Waals surface area contributed by atoms with E-state index in [1.54, 1.807) is 0 Å². The molecule has 0 aromatic carbocycles. The van der Waals surface area contributed by atoms with Crippen LogP contribution in [0.2, 0.25) is 0 Å². The number of carboxylic acid groups (broad SMARTS) is 1. The van der Waals surface area contributed by atoms with E-state index < -0.39 is 17.7 Å². The molecule has 0 aliphatic heterocycles. The number of halogens is 2. The molecule has 0 atom stereocenters. The maximum absolute atomic E-state index is 12.5. The minimum absolute atomic E-state index is 0.126. The molecule has 1 heterocycles. The van der Waals surface area contributed by atoms with Crippen molar-refractivity contribution in [3.63, 3.8) is 0 Å². The smallest absolute Gasteiger partial charge is 0.404 e. The van der Waals surface area contributed by atoms with Crippen LogP contribution in [0.3, 0.4) is 0 Å². The standard InChI is InChI=1S/C7H6F2N2O2/c8-5-1-4(2-11-7(12)13)10-3-6(5)9/h1,3,11H,2H2,(H,12,13). The Kier molecular flexibility index (Phi) is 2.73. The fourth-order valence-electron chi connectivity index (χ4n) is 0.717. The number of nitrogens with zero attached hydrogens (tertiary/aromatic N) is 1. The normalized spacial score (nSPS) is 9.69. The number of aromatic nitrogens is 1. The lowest BCUT2D eigenvalue weighted by atomic mass is 10.3. The number of amides is 1. The fraction of sp³-hybridized carbons (Fsp3) is 0.143. The molecular formula is C7H6F2N2O2. The van der Waals surface area contributed by atoms with Crippen LogP contribution >= 0.6 is 0 Å². The van der Waals surface area contributed by atoms with Crippen LogP contribution in [0, 0.1) is 11.6 Å². The topological polar surface area (TPSA) is 62.2 Å². The number of carbonyl (C=O) groups is 1. The minimum atomic E-state index is -1.24. The molecule has 1 aromatic rings. The highest BCUT2D eigenvalue weighted by Gasteiger charge is 2.04. The van der Waals surface area contributed by atoms with E-state index in [1.165, 1.54) is 0 Å². The molecule has 4 nitrogen and oxygen atoms in total. The lowest BCUT2D eigenvalue weighted by molar-refractivity contribution is 0.194. The van der Waals surface area contributed by atoms with Crippen LogP contribution in [0.4, 0.5) is 13.6 Å². The van der Waals surface area contributed by atoms with Gasteiger partial charge in [-0.1, -0.05) is 0 Å². The summed E-state index contributed by atoms with van der Waals surface area (Å²) in [4.78, 5) is 13.5. The van der Waals surface area contributed by atoms with Gasteiger partial charge in [0.25, 0.3) is 0 Å². The summed E-state index contributed by atoms with van der Waals surface area (Å²) >= 11 is 0. The van der Waals surface area contributed by atoms with Crippen molar-refractivity contribution >= 4 is 6.09 Å². The van der Waals surface area contributed by atoms with Gasteiger partial charge < -0.3 is 10.4 Å². The summed E-state index contributed by atoms with van der Waals surface area (Å²) in [7, 11) is 0. The van der Waals surface area contributed by atoms with Crippen molar-refractivity contribution < 1.29 is 18.7 Å². The number of nitrogens with one attached hydrogen (secondary N) is 1. The van der Waals surface area contributed by atoms with E-state index in [0.717, 1.165) is 6.07 Å². The molecule has 0 saturated heterocycles. The van der Waals surface area contributed by atoms with Gasteiger partial charge in [0, 0.05) is 6.07 Å². The third-order valence-electron chi connectivity index (χ3n) is 1.29. The van der Waals surface area contributed by atoms with Crippen molar-refractivity contribution in [2.45, 2.75) is 6.54 Å². The summed E-state index contributed by atoms with van der Waals surface area (Å²) in [5.41, 5.74) is 0.126. The Bertz CT molecular complexity index is 330. The molecule has 0 fully saturated rings. The molecule has 0 unspecified atom stereocenters. The van der Waals surface area contributed by atoms with E-state index in [9.17, 15) is 13.6 Å². The molecule has 0 radical (unpaired) electrons. The quantitative estimate of drug-likeness (QED) is 0.731. The molecular weight excluding hydrogens is 182 g/mol. The van der Waals surface area contributed by atoms with Gasteiger partial charge in [-0.3, -0.25) is 4.98 Å². The fourth-order valence-corrected chi connectivity index (χ4v) is 0.717. The lowest BCUT2D eigenvalue weighted by Crippen LogP contribution is -2.20. The highest BCUT2D eigenvalue weighted by molar-refractivity contribution is 5.64. The van der Waals surface area contributed by atoms with E-state index in [4.69, 9.17) is 5.11 Å². The van der Waals surface area contributed by atoms with Crippen LogP contribution in [0.5, 0.6) is 0 Å². The van der Waals surface area contributed by atoms with Crippen LogP contribution < -0.4 is 5.32 Å². The Morgan fingerprint density at radius 2 is 2.23 bits per heavy atom. The monoisotopic (exact) mass is 188 g/mol. The van der Waals surface area contributed by atoms with Gasteiger partial charge in [0.15, 0.2) is 11.6 Å². The van der Waals surface area contributed by atoms with E-state index in [1.807, 2.05) is 5.32 Å². The Hall–Kier alpha value is -1.72. The zero-order chi connectivity index (χ0) is 9.84. The van der Waals surface area contributed by atoms with Crippen molar-refractivity contribution in [3.8, 4) is 0 Å². The maximum atomic E-state index is 12.5. The molecule has 0 aliphatic rings. The molecule has 0 aliphatic carbocycles. The van der Waals surface area contributed by atoms with Gasteiger partial charge in [-0.05, 0) is 0 Å². The minimum Gasteiger partial charge on any atom is -0.465 e. The summed E-state index contributed by atoms with van der Waals surface area (Å²) in [6, 6.07) is 0.839. The third-order valence-corrected chi connectivity index (χ3v) is 1.29. The van der Waals surface area contributed by atoms with Crippen molar-refractivity contribution in [3.05, 3.63) is 29.6 Å². The molecule has 70 valence electrons. The van der Waals surface area contributed by atoms with Crippen molar-refractivity contribution in [1.82, 2.24) is 10.3 Å². The molecule has 1 amide bonds. The summed E-state index contributed by atoms with van der Waals surface area (Å²) in [6.07, 6.45) is -0.541. The largest absolute Gasteiger partial charge is 0.465 e. The first-order valence-electron chi connectivity index (χ1n) is 3.36. The maximum Gasteiger partial charge on any atom is 0.404 e. The second-order valence-corrected chi connectivity index (χ2v) is 2.25. The highest BCUT2D eigenvalue weighted by atomic mass is 19.2. The van der Waals surface area contributed by atoms with Gasteiger partial charge in [-0.2, -0.15) is 0 Å². The summed E-state index contributed by atoms with van der Waals surface area (Å²) in [6.45, 7) is -0.146. The van der Waals surface area contributed by atoms with E-state index in [-0.39, 0.29) is 12.2 Å². The van der Waals surface area contributed by atoms with Gasteiger partial charge in [0.2, 0.25) is 0 Å². The molecule has 13 heavy (non-hydrogen) atoms. The van der Waals surface area contributed by atoms with Crippen molar-refractivity contribution in [2.75, 3.05) is 0 Å². The molecule has 6 heteroatoms.